The zero-order chi connectivity index (χ0) is 14.3. The third-order valence-corrected chi connectivity index (χ3v) is 4.49. The van der Waals surface area contributed by atoms with Gasteiger partial charge in [0, 0.05) is 12.3 Å². The van der Waals surface area contributed by atoms with Gasteiger partial charge in [-0.3, -0.25) is 0 Å². The zero-order valence-electron chi connectivity index (χ0n) is 12.4. The van der Waals surface area contributed by atoms with Crippen molar-refractivity contribution in [3.8, 4) is 0 Å². The maximum Gasteiger partial charge on any atom is 0.133 e. The van der Waals surface area contributed by atoms with Crippen LogP contribution < -0.4 is 0 Å². The van der Waals surface area contributed by atoms with E-state index < -0.39 is 6.10 Å². The highest BCUT2D eigenvalue weighted by atomic mass is 16.4. The summed E-state index contributed by atoms with van der Waals surface area (Å²) in [6.07, 6.45) is 1.27. The van der Waals surface area contributed by atoms with E-state index in [1.165, 1.54) is 23.1 Å². The third-order valence-electron chi connectivity index (χ3n) is 4.49. The molecular formula is C18H22O2. The first-order chi connectivity index (χ1) is 9.56. The Bertz CT molecular complexity index is 591. The molecule has 0 amide bonds. The van der Waals surface area contributed by atoms with Crippen molar-refractivity contribution in [2.24, 2.45) is 5.92 Å². The van der Waals surface area contributed by atoms with Gasteiger partial charge in [-0.15, -0.1) is 0 Å². The quantitative estimate of drug-likeness (QED) is 0.898. The SMILES string of the molecule is Cc1cccc(C)c1CC(O)c1ccc(C2CC2C)o1. The number of aliphatic hydroxyl groups is 1. The van der Waals surface area contributed by atoms with Crippen LogP contribution in [0.1, 0.15) is 53.6 Å². The summed E-state index contributed by atoms with van der Waals surface area (Å²) in [5, 5.41) is 10.4. The molecule has 2 heteroatoms. The fourth-order valence-corrected chi connectivity index (χ4v) is 2.93. The van der Waals surface area contributed by atoms with Crippen molar-refractivity contribution in [3.63, 3.8) is 0 Å². The van der Waals surface area contributed by atoms with Crippen LogP contribution in [0.25, 0.3) is 0 Å². The van der Waals surface area contributed by atoms with Crippen molar-refractivity contribution < 1.29 is 9.52 Å². The van der Waals surface area contributed by atoms with E-state index in [9.17, 15) is 5.11 Å². The summed E-state index contributed by atoms with van der Waals surface area (Å²) in [6.45, 7) is 6.42. The van der Waals surface area contributed by atoms with Gasteiger partial charge in [0.25, 0.3) is 0 Å². The largest absolute Gasteiger partial charge is 0.463 e. The Morgan fingerprint density at radius 1 is 1.20 bits per heavy atom. The first kappa shape index (κ1) is 13.4. The van der Waals surface area contributed by atoms with Gasteiger partial charge in [0.15, 0.2) is 0 Å². The van der Waals surface area contributed by atoms with E-state index in [0.29, 0.717) is 18.1 Å². The van der Waals surface area contributed by atoms with Crippen LogP contribution in [0.3, 0.4) is 0 Å². The molecule has 0 saturated heterocycles. The smallest absolute Gasteiger partial charge is 0.133 e. The van der Waals surface area contributed by atoms with Crippen molar-refractivity contribution in [3.05, 3.63) is 58.5 Å². The zero-order valence-corrected chi connectivity index (χ0v) is 12.4. The van der Waals surface area contributed by atoms with E-state index in [4.69, 9.17) is 4.42 Å². The average Bonchev–Trinajstić information content (AvgIpc) is 2.95. The molecule has 1 aliphatic rings. The van der Waals surface area contributed by atoms with Crippen molar-refractivity contribution in [2.75, 3.05) is 0 Å². The first-order valence-corrected chi connectivity index (χ1v) is 7.39. The molecule has 0 aliphatic heterocycles. The number of furan rings is 1. The number of hydrogen-bond donors (Lipinski definition) is 1. The maximum atomic E-state index is 10.4. The Hall–Kier alpha value is -1.54. The van der Waals surface area contributed by atoms with Gasteiger partial charge in [0.1, 0.15) is 17.6 Å². The van der Waals surface area contributed by atoms with E-state index in [-0.39, 0.29) is 0 Å². The molecule has 2 aromatic rings. The Morgan fingerprint density at radius 3 is 2.45 bits per heavy atom. The standard InChI is InChI=1S/C18H22O2/c1-11-5-4-6-12(2)14(11)10-16(19)18-8-7-17(20-18)15-9-13(15)3/h4-8,13,15-16,19H,9-10H2,1-3H3. The van der Waals surface area contributed by atoms with Crippen LogP contribution >= 0.6 is 0 Å². The fourth-order valence-electron chi connectivity index (χ4n) is 2.93. The summed E-state index contributed by atoms with van der Waals surface area (Å²) >= 11 is 0. The summed E-state index contributed by atoms with van der Waals surface area (Å²) < 4.78 is 5.84. The Morgan fingerprint density at radius 2 is 1.85 bits per heavy atom. The molecule has 106 valence electrons. The van der Waals surface area contributed by atoms with Crippen molar-refractivity contribution in [1.29, 1.82) is 0 Å². The summed E-state index contributed by atoms with van der Waals surface area (Å²) in [6, 6.07) is 10.2. The van der Waals surface area contributed by atoms with Gasteiger partial charge >= 0.3 is 0 Å². The Balaban J connectivity index is 1.76. The minimum Gasteiger partial charge on any atom is -0.463 e. The maximum absolute atomic E-state index is 10.4. The molecule has 1 heterocycles. The van der Waals surface area contributed by atoms with Gasteiger partial charge in [-0.1, -0.05) is 25.1 Å². The molecule has 0 radical (unpaired) electrons. The molecule has 2 nitrogen and oxygen atoms in total. The second-order valence-electron chi connectivity index (χ2n) is 6.15. The summed E-state index contributed by atoms with van der Waals surface area (Å²) in [4.78, 5) is 0. The second kappa shape index (κ2) is 5.10. The lowest BCUT2D eigenvalue weighted by molar-refractivity contribution is 0.147. The van der Waals surface area contributed by atoms with Crippen LogP contribution in [0.15, 0.2) is 34.7 Å². The molecule has 1 aliphatic carbocycles. The fraction of sp³-hybridized carbons (Fsp3) is 0.444. The van der Waals surface area contributed by atoms with E-state index in [1.807, 2.05) is 12.1 Å². The monoisotopic (exact) mass is 270 g/mol. The lowest BCUT2D eigenvalue weighted by Gasteiger charge is -2.13. The van der Waals surface area contributed by atoms with Crippen LogP contribution in [-0.2, 0) is 6.42 Å². The molecule has 1 saturated carbocycles. The molecule has 0 bridgehead atoms. The Kier molecular flexibility index (Phi) is 3.43. The van der Waals surface area contributed by atoms with Gasteiger partial charge in [-0.25, -0.2) is 0 Å². The number of aliphatic hydroxyl groups excluding tert-OH is 1. The Labute approximate surface area is 120 Å². The molecule has 3 rings (SSSR count). The van der Waals surface area contributed by atoms with Gasteiger partial charge in [-0.2, -0.15) is 0 Å². The lowest BCUT2D eigenvalue weighted by atomic mass is 9.97. The first-order valence-electron chi connectivity index (χ1n) is 7.39. The normalized spacial score (nSPS) is 22.8. The molecule has 1 N–H and O–H groups in total. The van der Waals surface area contributed by atoms with Crippen LogP contribution in [0.5, 0.6) is 0 Å². The van der Waals surface area contributed by atoms with Crippen LogP contribution in [0.4, 0.5) is 0 Å². The molecule has 1 fully saturated rings. The molecular weight excluding hydrogens is 248 g/mol. The summed E-state index contributed by atoms with van der Waals surface area (Å²) in [5.74, 6) is 3.02. The van der Waals surface area contributed by atoms with Crippen LogP contribution in [0, 0.1) is 19.8 Å². The van der Waals surface area contributed by atoms with Crippen molar-refractivity contribution >= 4 is 0 Å². The lowest BCUT2D eigenvalue weighted by Crippen LogP contribution is -2.04. The predicted octanol–water partition coefficient (Wildman–Crippen LogP) is 4.30. The molecule has 1 aromatic heterocycles. The molecule has 1 aromatic carbocycles. The molecule has 3 atom stereocenters. The van der Waals surface area contributed by atoms with Gasteiger partial charge in [-0.05, 0) is 55.0 Å². The highest BCUT2D eigenvalue weighted by molar-refractivity contribution is 5.34. The topological polar surface area (TPSA) is 33.4 Å². The predicted molar refractivity (Wildman–Crippen MR) is 79.8 cm³/mol. The molecule has 20 heavy (non-hydrogen) atoms. The van der Waals surface area contributed by atoms with Crippen LogP contribution in [-0.4, -0.2) is 5.11 Å². The minimum absolute atomic E-state index is 0.558. The third kappa shape index (κ3) is 2.53. The van der Waals surface area contributed by atoms with Gasteiger partial charge < -0.3 is 9.52 Å². The van der Waals surface area contributed by atoms with E-state index in [2.05, 4.69) is 39.0 Å². The van der Waals surface area contributed by atoms with Crippen LogP contribution in [0.2, 0.25) is 0 Å². The van der Waals surface area contributed by atoms with E-state index in [0.717, 1.165) is 11.7 Å². The van der Waals surface area contributed by atoms with Gasteiger partial charge in [0.2, 0.25) is 0 Å². The number of hydrogen-bond acceptors (Lipinski definition) is 2. The second-order valence-corrected chi connectivity index (χ2v) is 6.15. The average molecular weight is 270 g/mol. The molecule has 3 unspecified atom stereocenters. The summed E-state index contributed by atoms with van der Waals surface area (Å²) in [5.41, 5.74) is 3.68. The highest BCUT2D eigenvalue weighted by Crippen LogP contribution is 2.47. The van der Waals surface area contributed by atoms with E-state index in [1.54, 1.807) is 0 Å². The van der Waals surface area contributed by atoms with Crippen molar-refractivity contribution in [1.82, 2.24) is 0 Å². The minimum atomic E-state index is -0.558. The van der Waals surface area contributed by atoms with Crippen molar-refractivity contribution in [2.45, 2.75) is 45.6 Å². The van der Waals surface area contributed by atoms with Gasteiger partial charge in [0.05, 0.1) is 0 Å². The number of benzene rings is 1. The number of rotatable bonds is 4. The number of aryl methyl sites for hydroxylation is 2. The van der Waals surface area contributed by atoms with E-state index >= 15 is 0 Å². The highest BCUT2D eigenvalue weighted by Gasteiger charge is 2.36. The summed E-state index contributed by atoms with van der Waals surface area (Å²) in [7, 11) is 0. The molecule has 0 spiro atoms.